The van der Waals surface area contributed by atoms with Crippen molar-refractivity contribution in [3.63, 3.8) is 0 Å². The standard InChI is InChI=1S/C14H29N3O/c15-6-2-3-7-16-8-10-17(11-9-16)13-14-5-1-4-12-18-14/h14H,1-13,15H2. The second kappa shape index (κ2) is 8.10. The number of ether oxygens (including phenoxy) is 1. The zero-order valence-electron chi connectivity index (χ0n) is 11.6. The van der Waals surface area contributed by atoms with Crippen LogP contribution in [0.1, 0.15) is 32.1 Å². The van der Waals surface area contributed by atoms with E-state index in [2.05, 4.69) is 9.80 Å². The number of rotatable bonds is 6. The highest BCUT2D eigenvalue weighted by atomic mass is 16.5. The normalized spacial score (nSPS) is 27.5. The molecule has 2 saturated heterocycles. The van der Waals surface area contributed by atoms with Crippen molar-refractivity contribution < 1.29 is 4.74 Å². The summed E-state index contributed by atoms with van der Waals surface area (Å²) < 4.78 is 5.82. The molecule has 0 saturated carbocycles. The Balaban J connectivity index is 1.57. The van der Waals surface area contributed by atoms with Crippen molar-refractivity contribution in [2.24, 2.45) is 5.73 Å². The molecule has 2 aliphatic rings. The average Bonchev–Trinajstić information content (AvgIpc) is 2.42. The largest absolute Gasteiger partial charge is 0.377 e. The van der Waals surface area contributed by atoms with E-state index in [9.17, 15) is 0 Å². The van der Waals surface area contributed by atoms with Gasteiger partial charge in [-0.1, -0.05) is 0 Å². The van der Waals surface area contributed by atoms with Crippen molar-refractivity contribution in [2.45, 2.75) is 38.2 Å². The third kappa shape index (κ3) is 4.84. The van der Waals surface area contributed by atoms with Crippen molar-refractivity contribution in [1.29, 1.82) is 0 Å². The molecule has 106 valence electrons. The molecule has 4 nitrogen and oxygen atoms in total. The van der Waals surface area contributed by atoms with Gasteiger partial charge in [0.15, 0.2) is 0 Å². The lowest BCUT2D eigenvalue weighted by atomic mass is 10.1. The molecule has 0 aromatic carbocycles. The van der Waals surface area contributed by atoms with Crippen LogP contribution in [0.5, 0.6) is 0 Å². The molecule has 2 rings (SSSR count). The van der Waals surface area contributed by atoms with Crippen LogP contribution in [0.25, 0.3) is 0 Å². The lowest BCUT2D eigenvalue weighted by Crippen LogP contribution is -2.49. The van der Waals surface area contributed by atoms with Crippen LogP contribution in [0.4, 0.5) is 0 Å². The molecule has 0 aliphatic carbocycles. The van der Waals surface area contributed by atoms with Crippen LogP contribution in [-0.2, 0) is 4.74 Å². The average molecular weight is 255 g/mol. The molecule has 2 fully saturated rings. The fraction of sp³-hybridized carbons (Fsp3) is 1.00. The molecule has 2 heterocycles. The van der Waals surface area contributed by atoms with Crippen LogP contribution in [-0.4, -0.2) is 68.3 Å². The summed E-state index contributed by atoms with van der Waals surface area (Å²) in [6, 6.07) is 0. The summed E-state index contributed by atoms with van der Waals surface area (Å²) >= 11 is 0. The molecular weight excluding hydrogens is 226 g/mol. The first-order valence-corrected chi connectivity index (χ1v) is 7.65. The van der Waals surface area contributed by atoms with Crippen LogP contribution < -0.4 is 5.73 Å². The zero-order chi connectivity index (χ0) is 12.6. The summed E-state index contributed by atoms with van der Waals surface area (Å²) in [5.41, 5.74) is 5.53. The Kier molecular flexibility index (Phi) is 6.41. The number of piperazine rings is 1. The number of unbranched alkanes of at least 4 members (excludes halogenated alkanes) is 1. The molecule has 2 N–H and O–H groups in total. The third-order valence-electron chi connectivity index (χ3n) is 4.13. The minimum atomic E-state index is 0.502. The Bertz CT molecular complexity index is 211. The zero-order valence-corrected chi connectivity index (χ0v) is 11.6. The van der Waals surface area contributed by atoms with Crippen molar-refractivity contribution in [1.82, 2.24) is 9.80 Å². The fourth-order valence-electron chi connectivity index (χ4n) is 2.91. The van der Waals surface area contributed by atoms with Gasteiger partial charge in [0.25, 0.3) is 0 Å². The smallest absolute Gasteiger partial charge is 0.0702 e. The predicted octanol–water partition coefficient (Wildman–Crippen LogP) is 0.912. The van der Waals surface area contributed by atoms with Crippen molar-refractivity contribution in [3.05, 3.63) is 0 Å². The molecular formula is C14H29N3O. The molecule has 2 aliphatic heterocycles. The molecule has 0 bridgehead atoms. The van der Waals surface area contributed by atoms with Crippen LogP contribution in [0, 0.1) is 0 Å². The summed E-state index contributed by atoms with van der Waals surface area (Å²) in [5.74, 6) is 0. The van der Waals surface area contributed by atoms with Crippen LogP contribution >= 0.6 is 0 Å². The van der Waals surface area contributed by atoms with Gasteiger partial charge in [-0.05, 0) is 45.2 Å². The Morgan fingerprint density at radius 3 is 2.44 bits per heavy atom. The van der Waals surface area contributed by atoms with Gasteiger partial charge >= 0.3 is 0 Å². The van der Waals surface area contributed by atoms with Crippen LogP contribution in [0.15, 0.2) is 0 Å². The minimum absolute atomic E-state index is 0.502. The maximum atomic E-state index is 5.82. The van der Waals surface area contributed by atoms with Crippen LogP contribution in [0.2, 0.25) is 0 Å². The lowest BCUT2D eigenvalue weighted by Gasteiger charge is -2.37. The molecule has 0 aromatic heterocycles. The highest BCUT2D eigenvalue weighted by Crippen LogP contribution is 2.14. The molecule has 0 amide bonds. The van der Waals surface area contributed by atoms with Crippen LogP contribution in [0.3, 0.4) is 0 Å². The maximum absolute atomic E-state index is 5.82. The van der Waals surface area contributed by atoms with E-state index in [1.165, 1.54) is 58.4 Å². The summed E-state index contributed by atoms with van der Waals surface area (Å²) in [5, 5.41) is 0. The van der Waals surface area contributed by atoms with E-state index in [-0.39, 0.29) is 0 Å². The van der Waals surface area contributed by atoms with Gasteiger partial charge in [-0.3, -0.25) is 4.90 Å². The van der Waals surface area contributed by atoms with Crippen molar-refractivity contribution >= 4 is 0 Å². The van der Waals surface area contributed by atoms with Gasteiger partial charge in [0.1, 0.15) is 0 Å². The number of hydrogen-bond donors (Lipinski definition) is 1. The molecule has 1 atom stereocenters. The summed E-state index contributed by atoms with van der Waals surface area (Å²) in [6.45, 7) is 9.05. The maximum Gasteiger partial charge on any atom is 0.0702 e. The second-order valence-corrected chi connectivity index (χ2v) is 5.63. The first kappa shape index (κ1) is 14.3. The number of nitrogens with two attached hydrogens (primary N) is 1. The molecule has 4 heteroatoms. The molecule has 0 aromatic rings. The highest BCUT2D eigenvalue weighted by Gasteiger charge is 2.21. The van der Waals surface area contributed by atoms with Gasteiger partial charge in [0.05, 0.1) is 6.10 Å². The summed E-state index contributed by atoms with van der Waals surface area (Å²) in [4.78, 5) is 5.16. The first-order chi connectivity index (χ1) is 8.88. The van der Waals surface area contributed by atoms with Crippen molar-refractivity contribution in [2.75, 3.05) is 52.4 Å². The Morgan fingerprint density at radius 2 is 1.78 bits per heavy atom. The Labute approximate surface area is 111 Å². The van der Waals surface area contributed by atoms with Gasteiger partial charge in [-0.25, -0.2) is 0 Å². The SMILES string of the molecule is NCCCCN1CCN(CC2CCCCO2)CC1. The minimum Gasteiger partial charge on any atom is -0.377 e. The molecule has 0 radical (unpaired) electrons. The molecule has 0 spiro atoms. The van der Waals surface area contributed by atoms with E-state index >= 15 is 0 Å². The first-order valence-electron chi connectivity index (χ1n) is 7.65. The number of hydrogen-bond acceptors (Lipinski definition) is 4. The Morgan fingerprint density at radius 1 is 1.00 bits per heavy atom. The highest BCUT2D eigenvalue weighted by molar-refractivity contribution is 4.76. The third-order valence-corrected chi connectivity index (χ3v) is 4.13. The van der Waals surface area contributed by atoms with Crippen molar-refractivity contribution in [3.8, 4) is 0 Å². The van der Waals surface area contributed by atoms with Gasteiger partial charge in [-0.15, -0.1) is 0 Å². The van der Waals surface area contributed by atoms with E-state index in [0.717, 1.165) is 26.1 Å². The van der Waals surface area contributed by atoms with Gasteiger partial charge in [0.2, 0.25) is 0 Å². The van der Waals surface area contributed by atoms with E-state index in [0.29, 0.717) is 6.10 Å². The van der Waals surface area contributed by atoms with E-state index in [4.69, 9.17) is 10.5 Å². The summed E-state index contributed by atoms with van der Waals surface area (Å²) in [7, 11) is 0. The fourth-order valence-corrected chi connectivity index (χ4v) is 2.91. The monoisotopic (exact) mass is 255 g/mol. The topological polar surface area (TPSA) is 41.7 Å². The number of nitrogens with zero attached hydrogens (tertiary/aromatic N) is 2. The van der Waals surface area contributed by atoms with E-state index in [1.807, 2.05) is 0 Å². The van der Waals surface area contributed by atoms with Gasteiger partial charge in [0, 0.05) is 39.3 Å². The van der Waals surface area contributed by atoms with Gasteiger partial charge in [-0.2, -0.15) is 0 Å². The second-order valence-electron chi connectivity index (χ2n) is 5.63. The lowest BCUT2D eigenvalue weighted by molar-refractivity contribution is -0.0141. The van der Waals surface area contributed by atoms with Gasteiger partial charge < -0.3 is 15.4 Å². The van der Waals surface area contributed by atoms with E-state index in [1.54, 1.807) is 0 Å². The molecule has 18 heavy (non-hydrogen) atoms. The predicted molar refractivity (Wildman–Crippen MR) is 74.8 cm³/mol. The molecule has 1 unspecified atom stereocenters. The summed E-state index contributed by atoms with van der Waals surface area (Å²) in [6.07, 6.45) is 6.78. The quantitative estimate of drug-likeness (QED) is 0.717. The Hall–Kier alpha value is -0.160. The van der Waals surface area contributed by atoms with E-state index < -0.39 is 0 Å².